The summed E-state index contributed by atoms with van der Waals surface area (Å²) < 4.78 is 31.7. The lowest BCUT2D eigenvalue weighted by molar-refractivity contribution is -0.192. The maximum atomic E-state index is 12.6. The molecule has 2 aliphatic heterocycles. The fourth-order valence-electron chi connectivity index (χ4n) is 3.58. The lowest BCUT2D eigenvalue weighted by Gasteiger charge is -2.50. The Labute approximate surface area is 160 Å². The fourth-order valence-corrected chi connectivity index (χ4v) is 3.58. The number of piperidine rings is 2. The van der Waals surface area contributed by atoms with E-state index in [-0.39, 0.29) is 17.4 Å². The molecule has 2 amide bonds. The second-order valence-electron chi connectivity index (χ2n) is 6.88. The zero-order chi connectivity index (χ0) is 20.9. The van der Waals surface area contributed by atoms with E-state index in [1.165, 1.54) is 0 Å². The number of amides is 2. The zero-order valence-electron chi connectivity index (χ0n) is 15.4. The average Bonchev–Trinajstić information content (AvgIpc) is 2.66. The summed E-state index contributed by atoms with van der Waals surface area (Å²) in [5.41, 5.74) is 0.317. The lowest BCUT2D eigenvalue weighted by Crippen LogP contribution is -2.61. The van der Waals surface area contributed by atoms with Gasteiger partial charge in [0.2, 0.25) is 5.91 Å². The summed E-state index contributed by atoms with van der Waals surface area (Å²) in [5, 5.41) is 7.12. The number of hydrogen-bond donors (Lipinski definition) is 1. The zero-order valence-corrected chi connectivity index (χ0v) is 15.4. The molecule has 10 heteroatoms. The molecule has 1 aromatic heterocycles. The van der Waals surface area contributed by atoms with Crippen LogP contribution in [-0.2, 0) is 9.59 Å². The lowest BCUT2D eigenvalue weighted by atomic mass is 9.80. The van der Waals surface area contributed by atoms with Crippen LogP contribution in [0.2, 0.25) is 0 Å². The molecule has 154 valence electrons. The number of alkyl halides is 3. The van der Waals surface area contributed by atoms with Crippen molar-refractivity contribution in [2.75, 3.05) is 20.1 Å². The number of carboxylic acid groups (broad SMARTS) is 1. The summed E-state index contributed by atoms with van der Waals surface area (Å²) in [7, 11) is 1.89. The van der Waals surface area contributed by atoms with E-state index in [1.54, 1.807) is 12.3 Å². The Hall–Kier alpha value is -2.65. The van der Waals surface area contributed by atoms with E-state index in [0.717, 1.165) is 32.2 Å². The van der Waals surface area contributed by atoms with E-state index < -0.39 is 12.1 Å². The van der Waals surface area contributed by atoms with Crippen LogP contribution in [0.3, 0.4) is 0 Å². The Morgan fingerprint density at radius 1 is 1.21 bits per heavy atom. The molecular weight excluding hydrogens is 379 g/mol. The van der Waals surface area contributed by atoms with Crippen LogP contribution < -0.4 is 0 Å². The first-order valence-electron chi connectivity index (χ1n) is 8.84. The highest BCUT2D eigenvalue weighted by atomic mass is 19.4. The molecule has 2 fully saturated rings. The highest BCUT2D eigenvalue weighted by molar-refractivity contribution is 5.92. The highest BCUT2D eigenvalue weighted by Gasteiger charge is 2.44. The van der Waals surface area contributed by atoms with Gasteiger partial charge < -0.3 is 14.9 Å². The standard InChI is InChI=1S/C16H21N3O2.C2HF3O2/c1-18-14(20)7-4-8-16(18)9-5-11-19(12-16)15(21)13-6-2-3-10-17-13;3-2(4,5)1(6)7/h2-3,6,10H,4-5,7-9,11-12H2,1H3;(H,6,7). The van der Waals surface area contributed by atoms with Crippen molar-refractivity contribution in [1.82, 2.24) is 14.8 Å². The van der Waals surface area contributed by atoms with Crippen molar-refractivity contribution >= 4 is 17.8 Å². The number of aromatic nitrogens is 1. The van der Waals surface area contributed by atoms with Crippen LogP contribution in [0.1, 0.15) is 42.6 Å². The maximum absolute atomic E-state index is 12.6. The Balaban J connectivity index is 0.000000345. The summed E-state index contributed by atoms with van der Waals surface area (Å²) in [6.45, 7) is 1.38. The Bertz CT molecular complexity index is 723. The maximum Gasteiger partial charge on any atom is 0.490 e. The van der Waals surface area contributed by atoms with E-state index >= 15 is 0 Å². The van der Waals surface area contributed by atoms with Gasteiger partial charge in [0.05, 0.1) is 5.54 Å². The van der Waals surface area contributed by atoms with E-state index in [0.29, 0.717) is 18.7 Å². The number of carbonyl (C=O) groups excluding carboxylic acids is 2. The molecule has 2 saturated heterocycles. The normalized spacial score (nSPS) is 22.5. The molecule has 28 heavy (non-hydrogen) atoms. The number of pyridine rings is 1. The van der Waals surface area contributed by atoms with Crippen LogP contribution in [0, 0.1) is 0 Å². The van der Waals surface area contributed by atoms with Crippen molar-refractivity contribution in [3.63, 3.8) is 0 Å². The number of nitrogens with zero attached hydrogens (tertiary/aromatic N) is 3. The molecule has 1 N–H and O–H groups in total. The van der Waals surface area contributed by atoms with E-state index in [4.69, 9.17) is 9.90 Å². The Kier molecular flexibility index (Phi) is 6.63. The number of halogens is 3. The van der Waals surface area contributed by atoms with Gasteiger partial charge in [0.15, 0.2) is 0 Å². The summed E-state index contributed by atoms with van der Waals surface area (Å²) in [5.74, 6) is -2.58. The monoisotopic (exact) mass is 401 g/mol. The van der Waals surface area contributed by atoms with Gasteiger partial charge in [0.1, 0.15) is 5.69 Å². The van der Waals surface area contributed by atoms with Crippen LogP contribution in [0.15, 0.2) is 24.4 Å². The van der Waals surface area contributed by atoms with Gasteiger partial charge in [0.25, 0.3) is 5.91 Å². The number of carboxylic acids is 1. The van der Waals surface area contributed by atoms with Crippen LogP contribution in [0.25, 0.3) is 0 Å². The minimum absolute atomic E-state index is 0.0268. The molecule has 2 aliphatic rings. The third kappa shape index (κ3) is 4.99. The van der Waals surface area contributed by atoms with Crippen molar-refractivity contribution in [3.05, 3.63) is 30.1 Å². The summed E-state index contributed by atoms with van der Waals surface area (Å²) >= 11 is 0. The first-order valence-corrected chi connectivity index (χ1v) is 8.84. The second kappa shape index (κ2) is 8.57. The van der Waals surface area contributed by atoms with Crippen molar-refractivity contribution in [2.24, 2.45) is 0 Å². The molecule has 0 bridgehead atoms. The molecule has 0 saturated carbocycles. The van der Waals surface area contributed by atoms with E-state index in [1.807, 2.05) is 29.0 Å². The number of likely N-dealkylation sites (N-methyl/N-ethyl adjacent to an activating group) is 1. The number of hydrogen-bond acceptors (Lipinski definition) is 4. The molecule has 1 atom stereocenters. The van der Waals surface area contributed by atoms with Gasteiger partial charge >= 0.3 is 12.1 Å². The van der Waals surface area contributed by atoms with Gasteiger partial charge in [-0.2, -0.15) is 13.2 Å². The van der Waals surface area contributed by atoms with Crippen molar-refractivity contribution < 1.29 is 32.7 Å². The minimum atomic E-state index is -5.08. The largest absolute Gasteiger partial charge is 0.490 e. The van der Waals surface area contributed by atoms with Crippen LogP contribution in [0.4, 0.5) is 13.2 Å². The molecular formula is C18H22F3N3O4. The Morgan fingerprint density at radius 2 is 1.86 bits per heavy atom. The van der Waals surface area contributed by atoms with Crippen molar-refractivity contribution in [1.29, 1.82) is 0 Å². The average molecular weight is 401 g/mol. The number of likely N-dealkylation sites (tertiary alicyclic amines) is 2. The summed E-state index contributed by atoms with van der Waals surface area (Å²) in [4.78, 5) is 41.4. The molecule has 0 aromatic carbocycles. The first kappa shape index (κ1) is 21.6. The van der Waals surface area contributed by atoms with Gasteiger partial charge in [-0.15, -0.1) is 0 Å². The first-order chi connectivity index (χ1) is 13.1. The van der Waals surface area contributed by atoms with Crippen LogP contribution in [0.5, 0.6) is 0 Å². The summed E-state index contributed by atoms with van der Waals surface area (Å²) in [6, 6.07) is 5.39. The van der Waals surface area contributed by atoms with Crippen molar-refractivity contribution in [3.8, 4) is 0 Å². The van der Waals surface area contributed by atoms with Crippen molar-refractivity contribution in [2.45, 2.75) is 43.8 Å². The molecule has 1 unspecified atom stereocenters. The van der Waals surface area contributed by atoms with Crippen LogP contribution >= 0.6 is 0 Å². The van der Waals surface area contributed by atoms with Gasteiger partial charge in [0, 0.05) is 32.8 Å². The second-order valence-corrected chi connectivity index (χ2v) is 6.88. The smallest absolute Gasteiger partial charge is 0.475 e. The third-order valence-electron chi connectivity index (χ3n) is 5.09. The quantitative estimate of drug-likeness (QED) is 0.780. The van der Waals surface area contributed by atoms with Gasteiger partial charge in [-0.3, -0.25) is 14.6 Å². The number of aliphatic carboxylic acids is 1. The number of rotatable bonds is 1. The predicted molar refractivity (Wildman–Crippen MR) is 92.4 cm³/mol. The molecule has 1 spiro atoms. The molecule has 3 heterocycles. The highest BCUT2D eigenvalue weighted by Crippen LogP contribution is 2.35. The van der Waals surface area contributed by atoms with E-state index in [2.05, 4.69) is 4.98 Å². The Morgan fingerprint density at radius 3 is 2.43 bits per heavy atom. The third-order valence-corrected chi connectivity index (χ3v) is 5.09. The molecule has 0 aliphatic carbocycles. The topological polar surface area (TPSA) is 90.8 Å². The van der Waals surface area contributed by atoms with Gasteiger partial charge in [-0.25, -0.2) is 4.79 Å². The fraction of sp³-hybridized carbons (Fsp3) is 0.556. The van der Waals surface area contributed by atoms with E-state index in [9.17, 15) is 22.8 Å². The minimum Gasteiger partial charge on any atom is -0.475 e. The molecule has 0 radical (unpaired) electrons. The molecule has 7 nitrogen and oxygen atoms in total. The summed E-state index contributed by atoms with van der Waals surface area (Å²) in [6.07, 6.45) is 1.03. The number of carbonyl (C=O) groups is 3. The van der Waals surface area contributed by atoms with Crippen LogP contribution in [-0.4, -0.2) is 69.5 Å². The van der Waals surface area contributed by atoms with Gasteiger partial charge in [-0.05, 0) is 37.8 Å². The molecule has 3 rings (SSSR count). The SMILES string of the molecule is CN1C(=O)CCCC12CCCN(C(=O)c1ccccn1)C2.O=C(O)C(F)(F)F. The van der Waals surface area contributed by atoms with Gasteiger partial charge in [-0.1, -0.05) is 6.07 Å². The molecule has 1 aromatic rings. The predicted octanol–water partition coefficient (Wildman–Crippen LogP) is 2.33.